The second kappa shape index (κ2) is 6.09. The Morgan fingerprint density at radius 1 is 1.32 bits per heavy atom. The molecular weight excluding hydrogens is 236 g/mol. The Bertz CT molecular complexity index is 450. The summed E-state index contributed by atoms with van der Waals surface area (Å²) in [6.07, 6.45) is 6.39. The van der Waals surface area contributed by atoms with E-state index < -0.39 is 0 Å². The lowest BCUT2D eigenvalue weighted by molar-refractivity contribution is 0.0918. The summed E-state index contributed by atoms with van der Waals surface area (Å²) in [7, 11) is 0. The van der Waals surface area contributed by atoms with Gasteiger partial charge in [0.15, 0.2) is 0 Å². The SMILES string of the molecule is Cc1c(N)cccc1C(=O)NC(C)C1CCCCC1. The molecule has 19 heavy (non-hydrogen) atoms. The third-order valence-corrected chi connectivity index (χ3v) is 4.34. The van der Waals surface area contributed by atoms with E-state index in [0.717, 1.165) is 5.56 Å². The Morgan fingerprint density at radius 2 is 2.00 bits per heavy atom. The standard InChI is InChI=1S/C16H24N2O/c1-11-14(9-6-10-15(11)17)16(19)18-12(2)13-7-4-3-5-8-13/h6,9-10,12-13H,3-5,7-8,17H2,1-2H3,(H,18,19). The van der Waals surface area contributed by atoms with Gasteiger partial charge >= 0.3 is 0 Å². The van der Waals surface area contributed by atoms with Crippen LogP contribution < -0.4 is 11.1 Å². The van der Waals surface area contributed by atoms with Gasteiger partial charge in [-0.15, -0.1) is 0 Å². The fourth-order valence-corrected chi connectivity index (χ4v) is 2.94. The topological polar surface area (TPSA) is 55.1 Å². The van der Waals surface area contributed by atoms with Crippen molar-refractivity contribution in [3.05, 3.63) is 29.3 Å². The first-order valence-corrected chi connectivity index (χ1v) is 7.25. The molecule has 104 valence electrons. The van der Waals surface area contributed by atoms with E-state index in [1.54, 1.807) is 0 Å². The second-order valence-electron chi connectivity index (χ2n) is 5.68. The number of nitrogen functional groups attached to an aromatic ring is 1. The minimum absolute atomic E-state index is 0.00266. The lowest BCUT2D eigenvalue weighted by Crippen LogP contribution is -2.39. The smallest absolute Gasteiger partial charge is 0.251 e. The van der Waals surface area contributed by atoms with Gasteiger partial charge in [-0.2, -0.15) is 0 Å². The van der Waals surface area contributed by atoms with Gasteiger partial charge in [-0.05, 0) is 50.3 Å². The zero-order valence-corrected chi connectivity index (χ0v) is 11.9. The van der Waals surface area contributed by atoms with E-state index in [-0.39, 0.29) is 11.9 Å². The second-order valence-corrected chi connectivity index (χ2v) is 5.68. The van der Waals surface area contributed by atoms with Crippen LogP contribution in [0.3, 0.4) is 0 Å². The van der Waals surface area contributed by atoms with Crippen molar-refractivity contribution in [1.29, 1.82) is 0 Å². The van der Waals surface area contributed by atoms with Crippen LogP contribution in [0.25, 0.3) is 0 Å². The van der Waals surface area contributed by atoms with Gasteiger partial charge in [0.25, 0.3) is 5.91 Å². The quantitative estimate of drug-likeness (QED) is 0.819. The molecule has 1 aromatic carbocycles. The fraction of sp³-hybridized carbons (Fsp3) is 0.562. The molecule has 1 amide bonds. The van der Waals surface area contributed by atoms with E-state index in [1.165, 1.54) is 32.1 Å². The van der Waals surface area contributed by atoms with Crippen molar-refractivity contribution >= 4 is 11.6 Å². The van der Waals surface area contributed by atoms with Gasteiger partial charge in [0.1, 0.15) is 0 Å². The largest absolute Gasteiger partial charge is 0.398 e. The molecule has 1 aliphatic carbocycles. The molecule has 0 aromatic heterocycles. The van der Waals surface area contributed by atoms with Crippen molar-refractivity contribution in [2.24, 2.45) is 5.92 Å². The van der Waals surface area contributed by atoms with Gasteiger partial charge in [0.05, 0.1) is 0 Å². The molecule has 1 fully saturated rings. The van der Waals surface area contributed by atoms with Crippen LogP contribution in [0.4, 0.5) is 5.69 Å². The van der Waals surface area contributed by atoms with E-state index in [0.29, 0.717) is 17.2 Å². The Morgan fingerprint density at radius 3 is 2.68 bits per heavy atom. The first-order valence-electron chi connectivity index (χ1n) is 7.25. The molecule has 0 bridgehead atoms. The van der Waals surface area contributed by atoms with Crippen LogP contribution in [0.2, 0.25) is 0 Å². The molecular formula is C16H24N2O. The highest BCUT2D eigenvalue weighted by atomic mass is 16.1. The van der Waals surface area contributed by atoms with Gasteiger partial charge in [0.2, 0.25) is 0 Å². The van der Waals surface area contributed by atoms with Crippen molar-refractivity contribution in [2.75, 3.05) is 5.73 Å². The fourth-order valence-electron chi connectivity index (χ4n) is 2.94. The molecule has 1 saturated carbocycles. The summed E-state index contributed by atoms with van der Waals surface area (Å²) in [6.45, 7) is 4.02. The summed E-state index contributed by atoms with van der Waals surface area (Å²) in [4.78, 5) is 12.3. The first kappa shape index (κ1) is 13.9. The van der Waals surface area contributed by atoms with Gasteiger partial charge in [-0.25, -0.2) is 0 Å². The summed E-state index contributed by atoms with van der Waals surface area (Å²) in [5, 5.41) is 3.14. The number of anilines is 1. The van der Waals surface area contributed by atoms with Crippen molar-refractivity contribution in [3.63, 3.8) is 0 Å². The first-order chi connectivity index (χ1) is 9.09. The van der Waals surface area contributed by atoms with Gasteiger partial charge in [-0.3, -0.25) is 4.79 Å². The van der Waals surface area contributed by atoms with Crippen LogP contribution >= 0.6 is 0 Å². The molecule has 0 heterocycles. The monoisotopic (exact) mass is 260 g/mol. The Labute approximate surface area is 115 Å². The number of benzene rings is 1. The average Bonchev–Trinajstić information content (AvgIpc) is 2.42. The Balaban J connectivity index is 2.02. The maximum atomic E-state index is 12.3. The highest BCUT2D eigenvalue weighted by Crippen LogP contribution is 2.26. The lowest BCUT2D eigenvalue weighted by atomic mass is 9.84. The molecule has 1 aromatic rings. The Kier molecular flexibility index (Phi) is 4.46. The van der Waals surface area contributed by atoms with E-state index in [9.17, 15) is 4.79 Å². The van der Waals surface area contributed by atoms with E-state index >= 15 is 0 Å². The molecule has 3 nitrogen and oxygen atoms in total. The number of hydrogen-bond acceptors (Lipinski definition) is 2. The molecule has 1 unspecified atom stereocenters. The number of rotatable bonds is 3. The minimum Gasteiger partial charge on any atom is -0.398 e. The number of nitrogens with two attached hydrogens (primary N) is 1. The maximum Gasteiger partial charge on any atom is 0.251 e. The molecule has 0 aliphatic heterocycles. The van der Waals surface area contributed by atoms with Crippen LogP contribution in [0, 0.1) is 12.8 Å². The van der Waals surface area contributed by atoms with Gasteiger partial charge in [-0.1, -0.05) is 25.3 Å². The zero-order valence-electron chi connectivity index (χ0n) is 11.9. The van der Waals surface area contributed by atoms with Crippen LogP contribution in [-0.2, 0) is 0 Å². The molecule has 2 rings (SSSR count). The van der Waals surface area contributed by atoms with E-state index in [1.807, 2.05) is 25.1 Å². The molecule has 1 atom stereocenters. The number of nitrogens with one attached hydrogen (secondary N) is 1. The molecule has 0 radical (unpaired) electrons. The predicted molar refractivity (Wildman–Crippen MR) is 79.1 cm³/mol. The zero-order chi connectivity index (χ0) is 13.8. The summed E-state index contributed by atoms with van der Waals surface area (Å²) in [6, 6.07) is 5.75. The van der Waals surface area contributed by atoms with Crippen LogP contribution in [0.15, 0.2) is 18.2 Å². The van der Waals surface area contributed by atoms with Crippen molar-refractivity contribution in [1.82, 2.24) is 5.32 Å². The summed E-state index contributed by atoms with van der Waals surface area (Å²) < 4.78 is 0. The average molecular weight is 260 g/mol. The van der Waals surface area contributed by atoms with Crippen molar-refractivity contribution in [3.8, 4) is 0 Å². The number of carbonyl (C=O) groups is 1. The summed E-state index contributed by atoms with van der Waals surface area (Å²) in [5.74, 6) is 0.627. The number of carbonyl (C=O) groups excluding carboxylic acids is 1. The van der Waals surface area contributed by atoms with Crippen LogP contribution in [-0.4, -0.2) is 11.9 Å². The molecule has 3 heteroatoms. The normalized spacial score (nSPS) is 18.0. The summed E-state index contributed by atoms with van der Waals surface area (Å²) in [5.41, 5.74) is 8.10. The third-order valence-electron chi connectivity index (χ3n) is 4.34. The number of amides is 1. The Hall–Kier alpha value is -1.51. The van der Waals surface area contributed by atoms with Crippen molar-refractivity contribution in [2.45, 2.75) is 52.0 Å². The highest BCUT2D eigenvalue weighted by Gasteiger charge is 2.22. The predicted octanol–water partition coefficient (Wildman–Crippen LogP) is 3.28. The maximum absolute atomic E-state index is 12.3. The van der Waals surface area contributed by atoms with E-state index in [2.05, 4.69) is 12.2 Å². The molecule has 0 spiro atoms. The lowest BCUT2D eigenvalue weighted by Gasteiger charge is -2.28. The molecule has 3 N–H and O–H groups in total. The summed E-state index contributed by atoms with van der Waals surface area (Å²) >= 11 is 0. The van der Waals surface area contributed by atoms with Crippen molar-refractivity contribution < 1.29 is 4.79 Å². The third kappa shape index (κ3) is 3.28. The minimum atomic E-state index is 0.00266. The highest BCUT2D eigenvalue weighted by molar-refractivity contribution is 5.97. The van der Waals surface area contributed by atoms with Gasteiger partial charge in [0, 0.05) is 17.3 Å². The van der Waals surface area contributed by atoms with Crippen LogP contribution in [0.5, 0.6) is 0 Å². The van der Waals surface area contributed by atoms with Gasteiger partial charge < -0.3 is 11.1 Å². The molecule has 1 aliphatic rings. The van der Waals surface area contributed by atoms with E-state index in [4.69, 9.17) is 5.73 Å². The van der Waals surface area contributed by atoms with Crippen LogP contribution in [0.1, 0.15) is 54.9 Å². The number of hydrogen-bond donors (Lipinski definition) is 2. The molecule has 0 saturated heterocycles.